The van der Waals surface area contributed by atoms with Gasteiger partial charge in [0.05, 0.1) is 0 Å². The number of benzene rings is 1. The molecule has 0 aliphatic carbocycles. The number of rotatable bonds is 4. The van der Waals surface area contributed by atoms with E-state index in [0.717, 1.165) is 13.0 Å². The van der Waals surface area contributed by atoms with Gasteiger partial charge in [-0.15, -0.1) is 0 Å². The predicted molar refractivity (Wildman–Crippen MR) is 82.4 cm³/mol. The molecule has 0 radical (unpaired) electrons. The van der Waals surface area contributed by atoms with Crippen LogP contribution in [0.2, 0.25) is 0 Å². The van der Waals surface area contributed by atoms with E-state index < -0.39 is 0 Å². The standard InChI is InChI=1S/C17H28N2/c1-15-8-7-9-16(12-15)13-17(2,14-18)19-10-5-3-4-6-11-19/h7-9,12H,3-6,10-11,13-14,18H2,1-2H3. The second-order valence-corrected chi connectivity index (χ2v) is 6.27. The number of nitrogens with two attached hydrogens (primary N) is 1. The number of hydrogen-bond donors (Lipinski definition) is 1. The second-order valence-electron chi connectivity index (χ2n) is 6.27. The van der Waals surface area contributed by atoms with E-state index in [-0.39, 0.29) is 5.54 Å². The molecular formula is C17H28N2. The molecule has 1 unspecified atom stereocenters. The van der Waals surface area contributed by atoms with Crippen molar-refractivity contribution in [2.45, 2.75) is 51.5 Å². The Morgan fingerprint density at radius 2 is 1.84 bits per heavy atom. The van der Waals surface area contributed by atoms with Crippen molar-refractivity contribution in [2.24, 2.45) is 5.73 Å². The Bertz CT molecular complexity index is 394. The molecule has 106 valence electrons. The Balaban J connectivity index is 2.12. The van der Waals surface area contributed by atoms with E-state index in [9.17, 15) is 0 Å². The van der Waals surface area contributed by atoms with Gasteiger partial charge in [-0.3, -0.25) is 4.90 Å². The zero-order valence-corrected chi connectivity index (χ0v) is 12.5. The van der Waals surface area contributed by atoms with E-state index >= 15 is 0 Å². The SMILES string of the molecule is Cc1cccc(CC(C)(CN)N2CCCCCC2)c1. The van der Waals surface area contributed by atoms with Crippen LogP contribution >= 0.6 is 0 Å². The first kappa shape index (κ1) is 14.5. The largest absolute Gasteiger partial charge is 0.329 e. The molecule has 1 aliphatic heterocycles. The molecule has 1 fully saturated rings. The van der Waals surface area contributed by atoms with Gasteiger partial charge in [0.2, 0.25) is 0 Å². The van der Waals surface area contributed by atoms with Crippen LogP contribution < -0.4 is 5.73 Å². The molecule has 0 amide bonds. The molecule has 1 aromatic carbocycles. The summed E-state index contributed by atoms with van der Waals surface area (Å²) < 4.78 is 0. The van der Waals surface area contributed by atoms with Crippen LogP contribution in [0.3, 0.4) is 0 Å². The van der Waals surface area contributed by atoms with E-state index in [1.807, 2.05) is 0 Å². The number of nitrogens with zero attached hydrogens (tertiary/aromatic N) is 1. The van der Waals surface area contributed by atoms with Gasteiger partial charge >= 0.3 is 0 Å². The highest BCUT2D eigenvalue weighted by Gasteiger charge is 2.30. The van der Waals surface area contributed by atoms with Crippen molar-refractivity contribution in [1.29, 1.82) is 0 Å². The first-order valence-electron chi connectivity index (χ1n) is 7.65. The fraction of sp³-hybridized carbons (Fsp3) is 0.647. The van der Waals surface area contributed by atoms with E-state index in [2.05, 4.69) is 43.0 Å². The molecule has 1 aromatic rings. The van der Waals surface area contributed by atoms with Crippen molar-refractivity contribution in [3.63, 3.8) is 0 Å². The summed E-state index contributed by atoms with van der Waals surface area (Å²) in [5.74, 6) is 0. The maximum absolute atomic E-state index is 6.13. The van der Waals surface area contributed by atoms with Crippen molar-refractivity contribution >= 4 is 0 Å². The minimum absolute atomic E-state index is 0.109. The predicted octanol–water partition coefficient (Wildman–Crippen LogP) is 3.13. The molecule has 2 nitrogen and oxygen atoms in total. The van der Waals surface area contributed by atoms with Gasteiger partial charge in [-0.25, -0.2) is 0 Å². The van der Waals surface area contributed by atoms with Crippen LogP contribution in [-0.2, 0) is 6.42 Å². The van der Waals surface area contributed by atoms with Crippen molar-refractivity contribution in [1.82, 2.24) is 4.90 Å². The van der Waals surface area contributed by atoms with E-state index in [4.69, 9.17) is 5.73 Å². The lowest BCUT2D eigenvalue weighted by atomic mass is 9.90. The Morgan fingerprint density at radius 1 is 1.16 bits per heavy atom. The minimum atomic E-state index is 0.109. The van der Waals surface area contributed by atoms with E-state index in [0.29, 0.717) is 0 Å². The molecule has 19 heavy (non-hydrogen) atoms. The van der Waals surface area contributed by atoms with Crippen LogP contribution in [0.5, 0.6) is 0 Å². The Kier molecular flexibility index (Phi) is 5.00. The second kappa shape index (κ2) is 6.53. The summed E-state index contributed by atoms with van der Waals surface area (Å²) in [6, 6.07) is 8.85. The van der Waals surface area contributed by atoms with Gasteiger partial charge in [0.25, 0.3) is 0 Å². The molecule has 2 rings (SSSR count). The molecule has 0 aromatic heterocycles. The Labute approximate surface area is 118 Å². The quantitative estimate of drug-likeness (QED) is 0.901. The highest BCUT2D eigenvalue weighted by atomic mass is 15.2. The lowest BCUT2D eigenvalue weighted by Crippen LogP contribution is -2.53. The zero-order chi connectivity index (χ0) is 13.7. The number of likely N-dealkylation sites (tertiary alicyclic amines) is 1. The van der Waals surface area contributed by atoms with Gasteiger partial charge in [0, 0.05) is 12.1 Å². The Hall–Kier alpha value is -0.860. The van der Waals surface area contributed by atoms with Crippen molar-refractivity contribution in [2.75, 3.05) is 19.6 Å². The van der Waals surface area contributed by atoms with Crippen LogP contribution in [0, 0.1) is 6.92 Å². The summed E-state index contributed by atoms with van der Waals surface area (Å²) in [7, 11) is 0. The van der Waals surface area contributed by atoms with Crippen molar-refractivity contribution < 1.29 is 0 Å². The third-order valence-electron chi connectivity index (χ3n) is 4.48. The van der Waals surface area contributed by atoms with Crippen LogP contribution in [-0.4, -0.2) is 30.1 Å². The maximum Gasteiger partial charge on any atom is 0.0343 e. The fourth-order valence-corrected chi connectivity index (χ4v) is 3.19. The maximum atomic E-state index is 6.13. The molecule has 1 aliphatic rings. The zero-order valence-electron chi connectivity index (χ0n) is 12.5. The van der Waals surface area contributed by atoms with Gasteiger partial charge in [-0.1, -0.05) is 42.7 Å². The molecule has 2 heteroatoms. The fourth-order valence-electron chi connectivity index (χ4n) is 3.19. The monoisotopic (exact) mass is 260 g/mol. The lowest BCUT2D eigenvalue weighted by Gasteiger charge is -2.40. The van der Waals surface area contributed by atoms with Crippen LogP contribution in [0.25, 0.3) is 0 Å². The molecule has 2 N–H and O–H groups in total. The molecule has 0 spiro atoms. The topological polar surface area (TPSA) is 29.3 Å². The summed E-state index contributed by atoms with van der Waals surface area (Å²) in [5, 5.41) is 0. The molecule has 0 bridgehead atoms. The third kappa shape index (κ3) is 3.80. The highest BCUT2D eigenvalue weighted by Crippen LogP contribution is 2.24. The smallest absolute Gasteiger partial charge is 0.0343 e. The minimum Gasteiger partial charge on any atom is -0.329 e. The third-order valence-corrected chi connectivity index (χ3v) is 4.48. The van der Waals surface area contributed by atoms with Gasteiger partial charge in [0.15, 0.2) is 0 Å². The molecule has 1 atom stereocenters. The van der Waals surface area contributed by atoms with Crippen molar-refractivity contribution in [3.8, 4) is 0 Å². The lowest BCUT2D eigenvalue weighted by molar-refractivity contribution is 0.114. The number of aryl methyl sites for hydroxylation is 1. The van der Waals surface area contributed by atoms with Crippen LogP contribution in [0.15, 0.2) is 24.3 Å². The van der Waals surface area contributed by atoms with Crippen molar-refractivity contribution in [3.05, 3.63) is 35.4 Å². The van der Waals surface area contributed by atoms with Gasteiger partial charge in [0.1, 0.15) is 0 Å². The first-order valence-corrected chi connectivity index (χ1v) is 7.65. The van der Waals surface area contributed by atoms with E-state index in [1.165, 1.54) is 49.9 Å². The summed E-state index contributed by atoms with van der Waals surface area (Å²) in [5.41, 5.74) is 9.00. The molecule has 1 saturated heterocycles. The number of hydrogen-bond acceptors (Lipinski definition) is 2. The molecule has 1 heterocycles. The summed E-state index contributed by atoms with van der Waals surface area (Å²) >= 11 is 0. The summed E-state index contributed by atoms with van der Waals surface area (Å²) in [6.07, 6.45) is 6.46. The summed E-state index contributed by atoms with van der Waals surface area (Å²) in [6.45, 7) is 7.65. The van der Waals surface area contributed by atoms with Gasteiger partial charge in [-0.05, 0) is 51.8 Å². The normalized spacial score (nSPS) is 20.8. The van der Waals surface area contributed by atoms with Gasteiger partial charge in [-0.2, -0.15) is 0 Å². The Morgan fingerprint density at radius 3 is 2.42 bits per heavy atom. The average molecular weight is 260 g/mol. The van der Waals surface area contributed by atoms with E-state index in [1.54, 1.807) is 0 Å². The molecule has 0 saturated carbocycles. The first-order chi connectivity index (χ1) is 9.14. The summed E-state index contributed by atoms with van der Waals surface area (Å²) in [4.78, 5) is 2.63. The molecular weight excluding hydrogens is 232 g/mol. The average Bonchev–Trinajstić information content (AvgIpc) is 2.68. The van der Waals surface area contributed by atoms with Crippen LogP contribution in [0.1, 0.15) is 43.7 Å². The highest BCUT2D eigenvalue weighted by molar-refractivity contribution is 5.24. The van der Waals surface area contributed by atoms with Crippen LogP contribution in [0.4, 0.5) is 0 Å². The van der Waals surface area contributed by atoms with Gasteiger partial charge < -0.3 is 5.73 Å².